The van der Waals surface area contributed by atoms with Gasteiger partial charge in [0.25, 0.3) is 0 Å². The molecule has 17 heavy (non-hydrogen) atoms. The zero-order chi connectivity index (χ0) is 12.4. The molecule has 0 N–H and O–H groups in total. The van der Waals surface area contributed by atoms with Crippen molar-refractivity contribution in [2.75, 3.05) is 0 Å². The number of hydrogen-bond acceptors (Lipinski definition) is 3. The molecule has 3 nitrogen and oxygen atoms in total. The third kappa shape index (κ3) is 2.76. The van der Waals surface area contributed by atoms with Crippen molar-refractivity contribution in [1.82, 2.24) is 9.78 Å². The average molecular weight is 269 g/mol. The van der Waals surface area contributed by atoms with E-state index in [0.29, 0.717) is 22.7 Å². The number of carbonyl (C=O) groups is 1. The van der Waals surface area contributed by atoms with Crippen LogP contribution in [-0.2, 0) is 13.5 Å². The number of nitrogens with zero attached hydrogens (tertiary/aromatic N) is 2. The van der Waals surface area contributed by atoms with Gasteiger partial charge in [0, 0.05) is 19.7 Å². The van der Waals surface area contributed by atoms with Gasteiger partial charge in [0.2, 0.25) is 0 Å². The summed E-state index contributed by atoms with van der Waals surface area (Å²) in [5, 5.41) is 6.59. The minimum atomic E-state index is 0.108. The largest absolute Gasteiger partial charge is 0.293 e. The summed E-state index contributed by atoms with van der Waals surface area (Å²) in [5.74, 6) is 0.108. The van der Waals surface area contributed by atoms with E-state index in [1.807, 2.05) is 25.5 Å². The van der Waals surface area contributed by atoms with E-state index in [1.165, 1.54) is 11.3 Å². The van der Waals surface area contributed by atoms with E-state index in [-0.39, 0.29) is 5.78 Å². The van der Waals surface area contributed by atoms with Crippen molar-refractivity contribution in [2.24, 2.45) is 7.05 Å². The number of thiophene rings is 1. The number of aromatic nitrogens is 2. The second-order valence-corrected chi connectivity index (χ2v) is 5.26. The summed E-state index contributed by atoms with van der Waals surface area (Å²) >= 11 is 7.48. The molecule has 0 aliphatic carbocycles. The van der Waals surface area contributed by atoms with E-state index in [4.69, 9.17) is 11.6 Å². The zero-order valence-electron chi connectivity index (χ0n) is 9.74. The van der Waals surface area contributed by atoms with Crippen molar-refractivity contribution in [2.45, 2.75) is 19.8 Å². The van der Waals surface area contributed by atoms with Gasteiger partial charge in [-0.25, -0.2) is 0 Å². The van der Waals surface area contributed by atoms with Gasteiger partial charge >= 0.3 is 0 Å². The molecule has 0 spiro atoms. The Kier molecular flexibility index (Phi) is 3.64. The van der Waals surface area contributed by atoms with Crippen LogP contribution in [0.2, 0.25) is 5.02 Å². The molecule has 0 amide bonds. The van der Waals surface area contributed by atoms with Crippen LogP contribution in [0.3, 0.4) is 0 Å². The van der Waals surface area contributed by atoms with Crippen LogP contribution >= 0.6 is 22.9 Å². The van der Waals surface area contributed by atoms with Crippen LogP contribution < -0.4 is 0 Å². The molecule has 0 saturated heterocycles. The summed E-state index contributed by atoms with van der Waals surface area (Å²) in [5.41, 5.74) is 2.05. The Bertz CT molecular complexity index is 544. The normalized spacial score (nSPS) is 10.8. The monoisotopic (exact) mass is 268 g/mol. The van der Waals surface area contributed by atoms with Crippen molar-refractivity contribution >= 4 is 28.7 Å². The molecule has 0 aliphatic rings. The maximum atomic E-state index is 12.0. The first-order valence-corrected chi connectivity index (χ1v) is 6.58. The Balaban J connectivity index is 2.00. The highest BCUT2D eigenvalue weighted by Gasteiger charge is 2.14. The number of aryl methyl sites for hydroxylation is 3. The molecule has 0 atom stereocenters. The van der Waals surface area contributed by atoms with Crippen LogP contribution in [0.25, 0.3) is 0 Å². The van der Waals surface area contributed by atoms with Crippen LogP contribution in [0, 0.1) is 6.92 Å². The molecule has 5 heteroatoms. The summed E-state index contributed by atoms with van der Waals surface area (Å²) in [6.07, 6.45) is 4.90. The van der Waals surface area contributed by atoms with Gasteiger partial charge in [-0.3, -0.25) is 9.48 Å². The first-order valence-electron chi connectivity index (χ1n) is 5.32. The topological polar surface area (TPSA) is 34.9 Å². The second kappa shape index (κ2) is 5.02. The van der Waals surface area contributed by atoms with Crippen molar-refractivity contribution in [3.8, 4) is 0 Å². The first kappa shape index (κ1) is 12.3. The summed E-state index contributed by atoms with van der Waals surface area (Å²) < 4.78 is 1.74. The van der Waals surface area contributed by atoms with Crippen molar-refractivity contribution in [3.63, 3.8) is 0 Å². The van der Waals surface area contributed by atoms with E-state index in [2.05, 4.69) is 5.10 Å². The van der Waals surface area contributed by atoms with Crippen LogP contribution in [-0.4, -0.2) is 15.6 Å². The third-order valence-electron chi connectivity index (χ3n) is 2.55. The summed E-state index contributed by atoms with van der Waals surface area (Å²) in [7, 11) is 1.87. The number of ketones is 1. The van der Waals surface area contributed by atoms with E-state index >= 15 is 0 Å². The fourth-order valence-electron chi connectivity index (χ4n) is 1.59. The van der Waals surface area contributed by atoms with Crippen molar-refractivity contribution < 1.29 is 4.79 Å². The molecule has 0 aromatic carbocycles. The van der Waals surface area contributed by atoms with Gasteiger partial charge in [-0.15, -0.1) is 11.3 Å². The number of halogens is 1. The predicted molar refractivity (Wildman–Crippen MR) is 69.9 cm³/mol. The molecule has 2 aromatic heterocycles. The third-order valence-corrected chi connectivity index (χ3v) is 4.29. The minimum absolute atomic E-state index is 0.108. The first-order chi connectivity index (χ1) is 8.08. The Morgan fingerprint density at radius 3 is 2.88 bits per heavy atom. The summed E-state index contributed by atoms with van der Waals surface area (Å²) in [6.45, 7) is 1.91. The standard InChI is InChI=1S/C12H13ClN2OS/c1-8-7-17-12(11(8)13)10(16)4-3-9-5-14-15(2)6-9/h5-7H,3-4H2,1-2H3. The van der Waals surface area contributed by atoms with Crippen molar-refractivity contribution in [1.29, 1.82) is 0 Å². The van der Waals surface area contributed by atoms with Crippen LogP contribution in [0.5, 0.6) is 0 Å². The zero-order valence-corrected chi connectivity index (χ0v) is 11.3. The van der Waals surface area contributed by atoms with Crippen LogP contribution in [0.4, 0.5) is 0 Å². The summed E-state index contributed by atoms with van der Waals surface area (Å²) in [6, 6.07) is 0. The van der Waals surface area contributed by atoms with Gasteiger partial charge in [-0.05, 0) is 29.9 Å². The second-order valence-electron chi connectivity index (χ2n) is 4.01. The average Bonchev–Trinajstić information content (AvgIpc) is 2.84. The smallest absolute Gasteiger partial charge is 0.174 e. The molecule has 2 rings (SSSR count). The maximum absolute atomic E-state index is 12.0. The number of carbonyl (C=O) groups excluding carboxylic acids is 1. The Morgan fingerprint density at radius 1 is 1.59 bits per heavy atom. The quantitative estimate of drug-likeness (QED) is 0.798. The van der Waals surface area contributed by atoms with E-state index in [0.717, 1.165) is 11.1 Å². The van der Waals surface area contributed by atoms with Crippen LogP contribution in [0.15, 0.2) is 17.8 Å². The van der Waals surface area contributed by atoms with Gasteiger partial charge in [0.05, 0.1) is 16.1 Å². The van der Waals surface area contributed by atoms with Gasteiger partial charge in [0.1, 0.15) is 0 Å². The molecule has 2 heterocycles. The van der Waals surface area contributed by atoms with Crippen molar-refractivity contribution in [3.05, 3.63) is 38.8 Å². The molecular weight excluding hydrogens is 256 g/mol. The number of hydrogen-bond donors (Lipinski definition) is 0. The highest BCUT2D eigenvalue weighted by molar-refractivity contribution is 7.13. The Labute approximate surface area is 109 Å². The molecule has 0 unspecified atom stereocenters. The van der Waals surface area contributed by atoms with E-state index < -0.39 is 0 Å². The van der Waals surface area contributed by atoms with E-state index in [9.17, 15) is 4.79 Å². The molecule has 0 radical (unpaired) electrons. The van der Waals surface area contributed by atoms with Gasteiger partial charge in [-0.2, -0.15) is 5.10 Å². The lowest BCUT2D eigenvalue weighted by Crippen LogP contribution is -1.99. The lowest BCUT2D eigenvalue weighted by atomic mass is 10.1. The number of Topliss-reactive ketones (excluding diaryl/α,β-unsaturated/α-hetero) is 1. The minimum Gasteiger partial charge on any atom is -0.293 e. The highest BCUT2D eigenvalue weighted by atomic mass is 35.5. The number of rotatable bonds is 4. The van der Waals surface area contributed by atoms with Crippen LogP contribution in [0.1, 0.15) is 27.2 Å². The molecule has 2 aromatic rings. The Morgan fingerprint density at radius 2 is 2.35 bits per heavy atom. The predicted octanol–water partition coefficient (Wildman–Crippen LogP) is 3.26. The summed E-state index contributed by atoms with van der Waals surface area (Å²) in [4.78, 5) is 12.6. The maximum Gasteiger partial charge on any atom is 0.174 e. The highest BCUT2D eigenvalue weighted by Crippen LogP contribution is 2.28. The lowest BCUT2D eigenvalue weighted by molar-refractivity contribution is 0.0987. The molecular formula is C12H13ClN2OS. The molecule has 0 aliphatic heterocycles. The molecule has 0 fully saturated rings. The molecule has 90 valence electrons. The van der Waals surface area contributed by atoms with Gasteiger partial charge in [-0.1, -0.05) is 11.6 Å². The van der Waals surface area contributed by atoms with Gasteiger partial charge < -0.3 is 0 Å². The van der Waals surface area contributed by atoms with E-state index in [1.54, 1.807) is 10.9 Å². The molecule has 0 saturated carbocycles. The fourth-order valence-corrected chi connectivity index (χ4v) is 2.86. The Hall–Kier alpha value is -1.13. The SMILES string of the molecule is Cc1csc(C(=O)CCc2cnn(C)c2)c1Cl. The van der Waals surface area contributed by atoms with Gasteiger partial charge in [0.15, 0.2) is 5.78 Å². The lowest BCUT2D eigenvalue weighted by Gasteiger charge is -1.98. The molecule has 0 bridgehead atoms. The fraction of sp³-hybridized carbons (Fsp3) is 0.333.